The second-order valence-corrected chi connectivity index (χ2v) is 17.6. The van der Waals surface area contributed by atoms with E-state index in [1.807, 2.05) is 62.4 Å². The van der Waals surface area contributed by atoms with Crippen LogP contribution in [0.1, 0.15) is 102 Å². The summed E-state index contributed by atoms with van der Waals surface area (Å²) in [6, 6.07) is 21.5. The quantitative estimate of drug-likeness (QED) is 0.127. The molecule has 2 aliphatic heterocycles. The van der Waals surface area contributed by atoms with Gasteiger partial charge in [0.2, 0.25) is 17.7 Å². The molecule has 0 aliphatic carbocycles. The first-order valence-electron chi connectivity index (χ1n) is 21.0. The highest BCUT2D eigenvalue weighted by Crippen LogP contribution is 2.28. The van der Waals surface area contributed by atoms with Crippen LogP contribution < -0.4 is 20.7 Å². The molecule has 5 rings (SSSR count). The van der Waals surface area contributed by atoms with Gasteiger partial charge in [-0.05, 0) is 111 Å². The van der Waals surface area contributed by atoms with E-state index in [4.69, 9.17) is 4.74 Å². The lowest BCUT2D eigenvalue weighted by Crippen LogP contribution is -2.62. The van der Waals surface area contributed by atoms with E-state index < -0.39 is 12.1 Å². The predicted octanol–water partition coefficient (Wildman–Crippen LogP) is 8.14. The van der Waals surface area contributed by atoms with Crippen molar-refractivity contribution in [3.8, 4) is 11.5 Å². The molecule has 6 unspecified atom stereocenters. The fraction of sp³-hybridized carbons (Fsp3) is 0.532. The number of nitrogens with zero attached hydrogens (tertiary/aromatic N) is 2. The Balaban J connectivity index is 1.18. The van der Waals surface area contributed by atoms with E-state index in [9.17, 15) is 19.2 Å². The molecular formula is C47H65N5O5. The molecule has 308 valence electrons. The van der Waals surface area contributed by atoms with Crippen molar-refractivity contribution in [2.24, 2.45) is 23.7 Å². The molecule has 10 nitrogen and oxygen atoms in total. The third-order valence-electron chi connectivity index (χ3n) is 11.3. The minimum atomic E-state index is -0.531. The van der Waals surface area contributed by atoms with E-state index in [-0.39, 0.29) is 60.0 Å². The Morgan fingerprint density at radius 1 is 0.684 bits per heavy atom. The number of aryl methyl sites for hydroxylation is 2. The van der Waals surface area contributed by atoms with Gasteiger partial charge in [-0.25, -0.2) is 0 Å². The predicted molar refractivity (Wildman–Crippen MR) is 227 cm³/mol. The van der Waals surface area contributed by atoms with Crippen LogP contribution in [0.25, 0.3) is 0 Å². The summed E-state index contributed by atoms with van der Waals surface area (Å²) < 4.78 is 5.93. The molecule has 2 heterocycles. The van der Waals surface area contributed by atoms with Crippen LogP contribution in [0.3, 0.4) is 0 Å². The first-order chi connectivity index (χ1) is 27.2. The van der Waals surface area contributed by atoms with Gasteiger partial charge in [-0.15, -0.1) is 0 Å². The van der Waals surface area contributed by atoms with Gasteiger partial charge in [0.15, 0.2) is 0 Å². The number of para-hydroxylation sites is 2. The summed E-state index contributed by atoms with van der Waals surface area (Å²) in [5.74, 6) is 2.17. The Morgan fingerprint density at radius 2 is 1.25 bits per heavy atom. The summed E-state index contributed by atoms with van der Waals surface area (Å²) in [6.07, 6.45) is 4.65. The SMILES string of the molecule is Cc1cccc(C)c1NC(=O)CN1CC(CC(C)C)NC(=O)C1CC(C)CCC(C)CC1CN(C(=O)c2ccc(Oc3ccccc3)cc2)C(CC(C)C)C(=O)N1. The lowest BCUT2D eigenvalue weighted by Gasteiger charge is -2.41. The van der Waals surface area contributed by atoms with Crippen molar-refractivity contribution in [3.05, 3.63) is 89.5 Å². The fourth-order valence-electron chi connectivity index (χ4n) is 8.44. The van der Waals surface area contributed by atoms with Gasteiger partial charge < -0.3 is 25.6 Å². The number of hydrogen-bond acceptors (Lipinski definition) is 6. The van der Waals surface area contributed by atoms with E-state index in [0.717, 1.165) is 48.2 Å². The Bertz CT molecular complexity index is 1790. The number of nitrogens with one attached hydrogen (secondary N) is 3. The van der Waals surface area contributed by atoms with Crippen LogP contribution in [-0.4, -0.2) is 77.2 Å². The second-order valence-electron chi connectivity index (χ2n) is 17.6. The molecule has 10 heteroatoms. The van der Waals surface area contributed by atoms with Crippen molar-refractivity contribution in [1.29, 1.82) is 0 Å². The molecule has 4 amide bonds. The van der Waals surface area contributed by atoms with Crippen molar-refractivity contribution in [2.45, 2.75) is 118 Å². The standard InChI is InChI=1S/C47H65N5O5/c1-30(2)23-37-27-51(29-43(53)50-44-34(7)13-12-14-35(44)8)41(45(54)48-37)26-33(6)18-17-32(5)25-38-28-52(42(24-31(3)4)46(55)49-38)47(56)36-19-21-40(22-20-36)57-39-15-10-9-11-16-39/h9-16,19-22,30-33,37-38,41-42H,17-18,23-29H2,1-8H3,(H,48,54)(H,49,55)(H,50,53). The van der Waals surface area contributed by atoms with E-state index in [0.29, 0.717) is 43.2 Å². The van der Waals surface area contributed by atoms with Gasteiger partial charge >= 0.3 is 0 Å². The molecule has 6 atom stereocenters. The largest absolute Gasteiger partial charge is 0.457 e. The Kier molecular flexibility index (Phi) is 15.3. The molecule has 0 aromatic heterocycles. The van der Waals surface area contributed by atoms with Gasteiger partial charge in [0.25, 0.3) is 5.91 Å². The molecule has 2 fully saturated rings. The van der Waals surface area contributed by atoms with Crippen LogP contribution in [0, 0.1) is 37.5 Å². The highest BCUT2D eigenvalue weighted by atomic mass is 16.5. The van der Waals surface area contributed by atoms with Crippen molar-refractivity contribution in [2.75, 3.05) is 25.0 Å². The highest BCUT2D eigenvalue weighted by molar-refractivity contribution is 5.98. The molecule has 3 aromatic carbocycles. The number of carbonyl (C=O) groups excluding carboxylic acids is 4. The van der Waals surface area contributed by atoms with Crippen LogP contribution in [0.15, 0.2) is 72.8 Å². The van der Waals surface area contributed by atoms with Crippen LogP contribution >= 0.6 is 0 Å². The normalized spacial score (nSPS) is 21.2. The molecule has 3 N–H and O–H groups in total. The summed E-state index contributed by atoms with van der Waals surface area (Å²) in [6.45, 7) is 18.1. The monoisotopic (exact) mass is 779 g/mol. The number of amides is 4. The molecule has 2 saturated heterocycles. The average Bonchev–Trinajstić information content (AvgIpc) is 3.15. The maximum Gasteiger partial charge on any atom is 0.254 e. The lowest BCUT2D eigenvalue weighted by molar-refractivity contribution is -0.133. The number of ether oxygens (including phenoxy) is 1. The summed E-state index contributed by atoms with van der Waals surface area (Å²) in [5.41, 5.74) is 3.39. The first kappa shape index (κ1) is 43.4. The summed E-state index contributed by atoms with van der Waals surface area (Å²) in [4.78, 5) is 58.5. The van der Waals surface area contributed by atoms with E-state index in [2.05, 4.69) is 62.4 Å². The van der Waals surface area contributed by atoms with Crippen molar-refractivity contribution in [3.63, 3.8) is 0 Å². The Hall–Kier alpha value is -4.70. The maximum absolute atomic E-state index is 14.0. The smallest absolute Gasteiger partial charge is 0.254 e. The van der Waals surface area contributed by atoms with Crippen LogP contribution in [0.5, 0.6) is 11.5 Å². The third-order valence-corrected chi connectivity index (χ3v) is 11.3. The van der Waals surface area contributed by atoms with Crippen molar-refractivity contribution < 1.29 is 23.9 Å². The highest BCUT2D eigenvalue weighted by Gasteiger charge is 2.39. The molecule has 0 spiro atoms. The van der Waals surface area contributed by atoms with E-state index >= 15 is 0 Å². The summed E-state index contributed by atoms with van der Waals surface area (Å²) in [5, 5.41) is 9.63. The van der Waals surface area contributed by atoms with Gasteiger partial charge in [0, 0.05) is 36.4 Å². The van der Waals surface area contributed by atoms with E-state index in [1.165, 1.54) is 0 Å². The number of benzene rings is 3. The topological polar surface area (TPSA) is 120 Å². The van der Waals surface area contributed by atoms with Crippen LogP contribution in [0.4, 0.5) is 5.69 Å². The molecule has 3 aromatic rings. The first-order valence-corrected chi connectivity index (χ1v) is 21.0. The number of hydrogen-bond donors (Lipinski definition) is 3. The molecule has 0 bridgehead atoms. The molecule has 2 aliphatic rings. The number of rotatable bonds is 17. The zero-order valence-electron chi connectivity index (χ0n) is 35.3. The maximum atomic E-state index is 14.0. The zero-order valence-corrected chi connectivity index (χ0v) is 35.3. The number of carbonyl (C=O) groups is 4. The number of anilines is 1. The van der Waals surface area contributed by atoms with Gasteiger partial charge in [0.1, 0.15) is 17.5 Å². The molecule has 57 heavy (non-hydrogen) atoms. The second kappa shape index (κ2) is 20.1. The number of piperazine rings is 2. The van der Waals surface area contributed by atoms with Crippen LogP contribution in [-0.2, 0) is 14.4 Å². The van der Waals surface area contributed by atoms with Gasteiger partial charge in [-0.1, -0.05) is 90.8 Å². The van der Waals surface area contributed by atoms with E-state index in [1.54, 1.807) is 29.2 Å². The van der Waals surface area contributed by atoms with Gasteiger partial charge in [-0.2, -0.15) is 0 Å². The molecule has 0 radical (unpaired) electrons. The summed E-state index contributed by atoms with van der Waals surface area (Å²) >= 11 is 0. The van der Waals surface area contributed by atoms with Gasteiger partial charge in [0.05, 0.1) is 12.6 Å². The van der Waals surface area contributed by atoms with Crippen molar-refractivity contribution in [1.82, 2.24) is 20.4 Å². The molecular weight excluding hydrogens is 715 g/mol. The molecule has 0 saturated carbocycles. The Labute approximate surface area is 340 Å². The Morgan fingerprint density at radius 3 is 1.86 bits per heavy atom. The van der Waals surface area contributed by atoms with Gasteiger partial charge in [-0.3, -0.25) is 24.1 Å². The fourth-order valence-corrected chi connectivity index (χ4v) is 8.44. The van der Waals surface area contributed by atoms with Crippen molar-refractivity contribution >= 4 is 29.3 Å². The summed E-state index contributed by atoms with van der Waals surface area (Å²) in [7, 11) is 0. The van der Waals surface area contributed by atoms with Crippen LogP contribution in [0.2, 0.25) is 0 Å². The third kappa shape index (κ3) is 12.4. The zero-order chi connectivity index (χ0) is 41.2. The minimum absolute atomic E-state index is 0.00220. The lowest BCUT2D eigenvalue weighted by atomic mass is 9.87. The average molecular weight is 780 g/mol. The minimum Gasteiger partial charge on any atom is -0.457 e.